The summed E-state index contributed by atoms with van der Waals surface area (Å²) < 4.78 is 4.22. The number of nitrogens with one attached hydrogen (secondary N) is 1. The largest absolute Gasteiger partial charge is 0.462 e. The second-order valence-electron chi connectivity index (χ2n) is 3.20. The third-order valence-electron chi connectivity index (χ3n) is 2.02. The minimum absolute atomic E-state index is 0.0546. The maximum Gasteiger partial charge on any atom is 0.396 e. The molecule has 0 fully saturated rings. The topological polar surface area (TPSA) is 98.5 Å². The van der Waals surface area contributed by atoms with Crippen LogP contribution in [-0.4, -0.2) is 23.9 Å². The number of hydrogen-bond donors (Lipinski definition) is 1. The average molecular weight is 238 g/mol. The van der Waals surface area contributed by atoms with E-state index >= 15 is 0 Å². The average Bonchev–Trinajstić information content (AvgIpc) is 2.27. The summed E-state index contributed by atoms with van der Waals surface area (Å²) in [7, 11) is 1.09. The summed E-state index contributed by atoms with van der Waals surface area (Å²) in [6, 6.07) is 3.99. The van der Waals surface area contributed by atoms with E-state index in [1.165, 1.54) is 25.1 Å². The molecule has 1 N–H and O–H groups in total. The Morgan fingerprint density at radius 2 is 2.06 bits per heavy atom. The van der Waals surface area contributed by atoms with Gasteiger partial charge in [-0.15, -0.1) is 0 Å². The number of nitrogens with zero attached hydrogens (tertiary/aromatic N) is 1. The van der Waals surface area contributed by atoms with E-state index < -0.39 is 16.8 Å². The second-order valence-corrected chi connectivity index (χ2v) is 3.20. The van der Waals surface area contributed by atoms with Crippen LogP contribution < -0.4 is 5.32 Å². The highest BCUT2D eigenvalue weighted by Gasteiger charge is 2.15. The van der Waals surface area contributed by atoms with Crippen molar-refractivity contribution in [3.05, 3.63) is 33.9 Å². The minimum Gasteiger partial charge on any atom is -0.462 e. The fourth-order valence-electron chi connectivity index (χ4n) is 1.21. The number of rotatable bonds is 2. The van der Waals surface area contributed by atoms with Crippen molar-refractivity contribution in [3.8, 4) is 0 Å². The van der Waals surface area contributed by atoms with Gasteiger partial charge in [0.05, 0.1) is 12.0 Å². The number of nitro benzene ring substituents is 1. The minimum atomic E-state index is -1.03. The van der Waals surface area contributed by atoms with E-state index in [-0.39, 0.29) is 5.69 Å². The molecule has 1 amide bonds. The molecular weight excluding hydrogens is 228 g/mol. The molecule has 0 heterocycles. The summed E-state index contributed by atoms with van der Waals surface area (Å²) in [6.45, 7) is 1.53. The molecule has 90 valence electrons. The van der Waals surface area contributed by atoms with Crippen LogP contribution in [0.3, 0.4) is 0 Å². The lowest BCUT2D eigenvalue weighted by Gasteiger charge is -2.04. The lowest BCUT2D eigenvalue weighted by molar-refractivity contribution is -0.385. The van der Waals surface area contributed by atoms with E-state index in [9.17, 15) is 19.7 Å². The number of esters is 1. The zero-order valence-electron chi connectivity index (χ0n) is 9.22. The molecule has 0 spiro atoms. The zero-order valence-corrected chi connectivity index (χ0v) is 9.22. The van der Waals surface area contributed by atoms with Crippen molar-refractivity contribution in [3.63, 3.8) is 0 Å². The van der Waals surface area contributed by atoms with Gasteiger partial charge in [-0.3, -0.25) is 14.9 Å². The molecule has 17 heavy (non-hydrogen) atoms. The Bertz CT molecular complexity index is 484. The number of carbonyl (C=O) groups excluding carboxylic acids is 2. The Labute approximate surface area is 96.5 Å². The smallest absolute Gasteiger partial charge is 0.396 e. The summed E-state index contributed by atoms with van der Waals surface area (Å²) in [5.41, 5.74) is 0.627. The fraction of sp³-hybridized carbons (Fsp3) is 0.200. The quantitative estimate of drug-likeness (QED) is 0.359. The maximum absolute atomic E-state index is 11.2. The molecule has 0 aliphatic carbocycles. The molecule has 0 aromatic heterocycles. The SMILES string of the molecule is COC(=O)C(=O)Nc1ccc([N+](=O)[O-])c(C)c1. The third-order valence-corrected chi connectivity index (χ3v) is 2.02. The van der Waals surface area contributed by atoms with Gasteiger partial charge in [-0.05, 0) is 19.1 Å². The van der Waals surface area contributed by atoms with Gasteiger partial charge in [0.15, 0.2) is 0 Å². The first-order chi connectivity index (χ1) is 7.95. The molecule has 0 radical (unpaired) electrons. The Morgan fingerprint density at radius 3 is 2.53 bits per heavy atom. The number of carbonyl (C=O) groups is 2. The Kier molecular flexibility index (Phi) is 3.76. The van der Waals surface area contributed by atoms with Gasteiger partial charge in [0, 0.05) is 17.3 Å². The maximum atomic E-state index is 11.2. The summed E-state index contributed by atoms with van der Waals surface area (Å²) in [6.07, 6.45) is 0. The molecule has 0 bridgehead atoms. The highest BCUT2D eigenvalue weighted by molar-refractivity contribution is 6.37. The van der Waals surface area contributed by atoms with Gasteiger partial charge in [-0.2, -0.15) is 0 Å². The normalized spacial score (nSPS) is 9.53. The van der Waals surface area contributed by atoms with Crippen molar-refractivity contribution < 1.29 is 19.2 Å². The molecule has 1 aromatic rings. The van der Waals surface area contributed by atoms with Crippen LogP contribution in [0.2, 0.25) is 0 Å². The van der Waals surface area contributed by atoms with Crippen molar-refractivity contribution in [1.82, 2.24) is 0 Å². The molecule has 0 atom stereocenters. The van der Waals surface area contributed by atoms with Crippen molar-refractivity contribution in [2.75, 3.05) is 12.4 Å². The molecule has 7 heteroatoms. The monoisotopic (exact) mass is 238 g/mol. The van der Waals surface area contributed by atoms with Crippen LogP contribution in [0, 0.1) is 17.0 Å². The molecule has 0 aliphatic rings. The van der Waals surface area contributed by atoms with Gasteiger partial charge >= 0.3 is 11.9 Å². The number of nitro groups is 1. The summed E-state index contributed by atoms with van der Waals surface area (Å²) in [5, 5.41) is 12.8. The second kappa shape index (κ2) is 5.06. The predicted molar refractivity (Wildman–Crippen MR) is 58.5 cm³/mol. The molecule has 1 rings (SSSR count). The van der Waals surface area contributed by atoms with Crippen molar-refractivity contribution >= 4 is 23.3 Å². The van der Waals surface area contributed by atoms with Crippen LogP contribution in [0.4, 0.5) is 11.4 Å². The fourth-order valence-corrected chi connectivity index (χ4v) is 1.21. The van der Waals surface area contributed by atoms with Crippen LogP contribution >= 0.6 is 0 Å². The van der Waals surface area contributed by atoms with Gasteiger partial charge in [0.1, 0.15) is 0 Å². The number of anilines is 1. The third kappa shape index (κ3) is 3.00. The number of benzene rings is 1. The van der Waals surface area contributed by atoms with E-state index in [1.807, 2.05) is 0 Å². The lowest BCUT2D eigenvalue weighted by Crippen LogP contribution is -2.23. The van der Waals surface area contributed by atoms with Gasteiger partial charge in [0.2, 0.25) is 0 Å². The number of ether oxygens (including phenoxy) is 1. The van der Waals surface area contributed by atoms with Gasteiger partial charge in [0.25, 0.3) is 5.69 Å². The molecule has 0 saturated carbocycles. The van der Waals surface area contributed by atoms with Crippen molar-refractivity contribution in [2.24, 2.45) is 0 Å². The summed E-state index contributed by atoms with van der Waals surface area (Å²) >= 11 is 0. The van der Waals surface area contributed by atoms with Gasteiger partial charge < -0.3 is 10.1 Å². The number of aryl methyl sites for hydroxylation is 1. The molecule has 1 aromatic carbocycles. The first-order valence-corrected chi connectivity index (χ1v) is 4.60. The van der Waals surface area contributed by atoms with E-state index in [4.69, 9.17) is 0 Å². The molecule has 0 unspecified atom stereocenters. The molecule has 0 aliphatic heterocycles. The first-order valence-electron chi connectivity index (χ1n) is 4.60. The van der Waals surface area contributed by atoms with Crippen LogP contribution in [0.25, 0.3) is 0 Å². The first kappa shape index (κ1) is 12.6. The van der Waals surface area contributed by atoms with Crippen LogP contribution in [0.5, 0.6) is 0 Å². The highest BCUT2D eigenvalue weighted by atomic mass is 16.6. The number of amides is 1. The van der Waals surface area contributed by atoms with Crippen molar-refractivity contribution in [2.45, 2.75) is 6.92 Å². The van der Waals surface area contributed by atoms with E-state index in [2.05, 4.69) is 10.1 Å². The van der Waals surface area contributed by atoms with Gasteiger partial charge in [-0.1, -0.05) is 0 Å². The molecular formula is C10H10N2O5. The lowest BCUT2D eigenvalue weighted by atomic mass is 10.2. The summed E-state index contributed by atoms with van der Waals surface area (Å²) in [5.74, 6) is -1.96. The van der Waals surface area contributed by atoms with Crippen molar-refractivity contribution in [1.29, 1.82) is 0 Å². The van der Waals surface area contributed by atoms with E-state index in [0.717, 1.165) is 7.11 Å². The zero-order chi connectivity index (χ0) is 13.0. The Balaban J connectivity index is 2.88. The number of methoxy groups -OCH3 is 1. The van der Waals surface area contributed by atoms with Crippen LogP contribution in [-0.2, 0) is 14.3 Å². The van der Waals surface area contributed by atoms with Crippen LogP contribution in [0.1, 0.15) is 5.56 Å². The standard InChI is InChI=1S/C10H10N2O5/c1-6-5-7(3-4-8(6)12(15)16)11-9(13)10(14)17-2/h3-5H,1-2H3,(H,11,13). The van der Waals surface area contributed by atoms with Gasteiger partial charge in [-0.25, -0.2) is 4.79 Å². The Hall–Kier alpha value is -2.44. The highest BCUT2D eigenvalue weighted by Crippen LogP contribution is 2.21. The van der Waals surface area contributed by atoms with E-state index in [1.54, 1.807) is 0 Å². The summed E-state index contributed by atoms with van der Waals surface area (Å²) in [4.78, 5) is 32.0. The number of hydrogen-bond acceptors (Lipinski definition) is 5. The van der Waals surface area contributed by atoms with E-state index in [0.29, 0.717) is 11.3 Å². The predicted octanol–water partition coefficient (Wildman–Crippen LogP) is 1.01. The molecule has 0 saturated heterocycles. The van der Waals surface area contributed by atoms with Crippen LogP contribution in [0.15, 0.2) is 18.2 Å². The molecule has 7 nitrogen and oxygen atoms in total. The Morgan fingerprint density at radius 1 is 1.41 bits per heavy atom.